The van der Waals surface area contributed by atoms with E-state index in [0.29, 0.717) is 6.54 Å². The van der Waals surface area contributed by atoms with Gasteiger partial charge in [-0.05, 0) is 30.5 Å². The molecule has 32 heavy (non-hydrogen) atoms. The molecular formula is C25H34IN5O. The van der Waals surface area contributed by atoms with Crippen molar-refractivity contribution in [2.45, 2.75) is 39.8 Å². The van der Waals surface area contributed by atoms with E-state index in [2.05, 4.69) is 81.5 Å². The summed E-state index contributed by atoms with van der Waals surface area (Å²) >= 11 is 0. The van der Waals surface area contributed by atoms with Gasteiger partial charge in [0.15, 0.2) is 5.96 Å². The van der Waals surface area contributed by atoms with Gasteiger partial charge in [-0.3, -0.25) is 4.99 Å². The summed E-state index contributed by atoms with van der Waals surface area (Å²) in [5.41, 5.74) is 3.59. The van der Waals surface area contributed by atoms with E-state index in [1.807, 2.05) is 18.5 Å². The van der Waals surface area contributed by atoms with Crippen LogP contribution in [0.5, 0.6) is 5.75 Å². The number of nitrogens with one attached hydrogen (secondary N) is 2. The number of aryl methyl sites for hydroxylation is 1. The summed E-state index contributed by atoms with van der Waals surface area (Å²) in [6.45, 7) is 7.15. The molecule has 0 saturated heterocycles. The number of hydrogen-bond donors (Lipinski definition) is 2. The molecule has 0 spiro atoms. The Morgan fingerprint density at radius 1 is 1.12 bits per heavy atom. The van der Waals surface area contributed by atoms with Crippen LogP contribution in [-0.2, 0) is 19.5 Å². The highest BCUT2D eigenvalue weighted by molar-refractivity contribution is 14.0. The van der Waals surface area contributed by atoms with Crippen LogP contribution in [0.1, 0.15) is 35.9 Å². The Balaban J connectivity index is 0.00000363. The Morgan fingerprint density at radius 3 is 2.69 bits per heavy atom. The fourth-order valence-corrected chi connectivity index (χ4v) is 3.34. The third-order valence-electron chi connectivity index (χ3n) is 4.99. The number of hydrogen-bond acceptors (Lipinski definition) is 3. The van der Waals surface area contributed by atoms with E-state index in [1.54, 1.807) is 7.05 Å². The number of guanidine groups is 1. The van der Waals surface area contributed by atoms with Crippen LogP contribution in [-0.4, -0.2) is 35.7 Å². The molecular weight excluding hydrogens is 513 g/mol. The SMILES string of the molecule is CCCOc1cc(C)ccc1CNC(=NC)NCCc1nccn1Cc1ccccc1.I. The highest BCUT2D eigenvalue weighted by Crippen LogP contribution is 2.20. The normalized spacial score (nSPS) is 11.0. The second-order valence-electron chi connectivity index (χ2n) is 7.52. The van der Waals surface area contributed by atoms with Crippen LogP contribution < -0.4 is 15.4 Å². The second kappa shape index (κ2) is 13.8. The minimum absolute atomic E-state index is 0. The monoisotopic (exact) mass is 547 g/mol. The number of aromatic nitrogens is 2. The predicted octanol–water partition coefficient (Wildman–Crippen LogP) is 4.55. The number of aliphatic imine (C=N–C) groups is 1. The maximum atomic E-state index is 5.91. The van der Waals surface area contributed by atoms with Gasteiger partial charge in [0.2, 0.25) is 0 Å². The third-order valence-corrected chi connectivity index (χ3v) is 4.99. The Morgan fingerprint density at radius 2 is 1.94 bits per heavy atom. The molecule has 0 aliphatic heterocycles. The van der Waals surface area contributed by atoms with Crippen LogP contribution in [0.3, 0.4) is 0 Å². The molecule has 3 rings (SSSR count). The maximum absolute atomic E-state index is 5.91. The van der Waals surface area contributed by atoms with Crippen molar-refractivity contribution < 1.29 is 4.74 Å². The molecule has 0 saturated carbocycles. The van der Waals surface area contributed by atoms with Gasteiger partial charge in [-0.15, -0.1) is 24.0 Å². The average Bonchev–Trinajstić information content (AvgIpc) is 3.23. The maximum Gasteiger partial charge on any atom is 0.191 e. The van der Waals surface area contributed by atoms with Crippen LogP contribution in [0.25, 0.3) is 0 Å². The smallest absolute Gasteiger partial charge is 0.191 e. The van der Waals surface area contributed by atoms with Gasteiger partial charge in [0.25, 0.3) is 0 Å². The van der Waals surface area contributed by atoms with Crippen molar-refractivity contribution in [3.8, 4) is 5.75 Å². The number of ether oxygens (including phenoxy) is 1. The topological polar surface area (TPSA) is 63.5 Å². The van der Waals surface area contributed by atoms with Gasteiger partial charge < -0.3 is 19.9 Å². The summed E-state index contributed by atoms with van der Waals surface area (Å²) in [6.07, 6.45) is 5.70. The number of benzene rings is 2. The van der Waals surface area contributed by atoms with E-state index < -0.39 is 0 Å². The fourth-order valence-electron chi connectivity index (χ4n) is 3.34. The molecule has 1 aromatic heterocycles. The number of rotatable bonds is 10. The Hall–Kier alpha value is -2.55. The van der Waals surface area contributed by atoms with Crippen LogP contribution in [0, 0.1) is 6.92 Å². The summed E-state index contributed by atoms with van der Waals surface area (Å²) in [4.78, 5) is 8.87. The van der Waals surface area contributed by atoms with Gasteiger partial charge in [0, 0.05) is 51.1 Å². The van der Waals surface area contributed by atoms with Crippen LogP contribution in [0.2, 0.25) is 0 Å². The fraction of sp³-hybridized carbons (Fsp3) is 0.360. The molecule has 0 radical (unpaired) electrons. The van der Waals surface area contributed by atoms with Gasteiger partial charge in [-0.1, -0.05) is 49.4 Å². The molecule has 0 amide bonds. The van der Waals surface area contributed by atoms with Gasteiger partial charge in [0.05, 0.1) is 6.61 Å². The zero-order valence-electron chi connectivity index (χ0n) is 19.2. The van der Waals surface area contributed by atoms with Crippen LogP contribution >= 0.6 is 24.0 Å². The van der Waals surface area contributed by atoms with E-state index in [4.69, 9.17) is 4.74 Å². The van der Waals surface area contributed by atoms with Gasteiger partial charge in [0.1, 0.15) is 11.6 Å². The minimum Gasteiger partial charge on any atom is -0.493 e. The molecule has 2 aromatic carbocycles. The summed E-state index contributed by atoms with van der Waals surface area (Å²) in [5, 5.41) is 6.78. The van der Waals surface area contributed by atoms with E-state index in [0.717, 1.165) is 55.6 Å². The van der Waals surface area contributed by atoms with Gasteiger partial charge in [-0.2, -0.15) is 0 Å². The lowest BCUT2D eigenvalue weighted by Gasteiger charge is -2.15. The van der Waals surface area contributed by atoms with Crippen molar-refractivity contribution in [3.63, 3.8) is 0 Å². The largest absolute Gasteiger partial charge is 0.493 e. The molecule has 0 fully saturated rings. The number of halogens is 1. The van der Waals surface area contributed by atoms with Crippen molar-refractivity contribution in [1.29, 1.82) is 0 Å². The lowest BCUT2D eigenvalue weighted by molar-refractivity contribution is 0.313. The molecule has 0 unspecified atom stereocenters. The lowest BCUT2D eigenvalue weighted by atomic mass is 10.1. The van der Waals surface area contributed by atoms with Crippen molar-refractivity contribution in [1.82, 2.24) is 20.2 Å². The summed E-state index contributed by atoms with van der Waals surface area (Å²) in [7, 11) is 1.79. The van der Waals surface area contributed by atoms with Crippen LogP contribution in [0.4, 0.5) is 0 Å². The molecule has 2 N–H and O–H groups in total. The van der Waals surface area contributed by atoms with Crippen LogP contribution in [0.15, 0.2) is 65.9 Å². The molecule has 0 bridgehead atoms. The van der Waals surface area contributed by atoms with E-state index in [9.17, 15) is 0 Å². The first-order chi connectivity index (χ1) is 15.2. The molecule has 0 aliphatic rings. The first kappa shape index (κ1) is 25.7. The minimum atomic E-state index is 0. The number of nitrogens with zero attached hydrogens (tertiary/aromatic N) is 3. The standard InChI is InChI=1S/C25H33N5O.HI/c1-4-16-31-23-17-20(2)10-11-22(23)18-29-25(26-3)28-13-12-24-27-14-15-30(24)19-21-8-6-5-7-9-21;/h5-11,14-15,17H,4,12-13,16,18-19H2,1-3H3,(H2,26,28,29);1H. The molecule has 6 nitrogen and oxygen atoms in total. The van der Waals surface area contributed by atoms with Crippen molar-refractivity contribution in [2.75, 3.05) is 20.2 Å². The predicted molar refractivity (Wildman–Crippen MR) is 142 cm³/mol. The molecule has 7 heteroatoms. The van der Waals surface area contributed by atoms with Crippen molar-refractivity contribution >= 4 is 29.9 Å². The van der Waals surface area contributed by atoms with E-state index >= 15 is 0 Å². The quantitative estimate of drug-likeness (QED) is 0.222. The first-order valence-corrected chi connectivity index (χ1v) is 10.9. The molecule has 0 aliphatic carbocycles. The highest BCUT2D eigenvalue weighted by atomic mass is 127. The first-order valence-electron chi connectivity index (χ1n) is 10.9. The third kappa shape index (κ3) is 7.85. The average molecular weight is 547 g/mol. The molecule has 1 heterocycles. The Kier molecular flexibility index (Phi) is 11.1. The van der Waals surface area contributed by atoms with E-state index in [-0.39, 0.29) is 24.0 Å². The van der Waals surface area contributed by atoms with Crippen molar-refractivity contribution in [3.05, 3.63) is 83.4 Å². The Bertz CT molecular complexity index is 971. The summed E-state index contributed by atoms with van der Waals surface area (Å²) in [5.74, 6) is 2.76. The number of imidazole rings is 1. The molecule has 172 valence electrons. The zero-order chi connectivity index (χ0) is 21.9. The lowest BCUT2D eigenvalue weighted by Crippen LogP contribution is -2.38. The second-order valence-corrected chi connectivity index (χ2v) is 7.52. The van der Waals surface area contributed by atoms with Crippen molar-refractivity contribution in [2.24, 2.45) is 4.99 Å². The Labute approximate surface area is 208 Å². The molecule has 0 atom stereocenters. The highest BCUT2D eigenvalue weighted by Gasteiger charge is 2.07. The van der Waals surface area contributed by atoms with Gasteiger partial charge >= 0.3 is 0 Å². The van der Waals surface area contributed by atoms with Gasteiger partial charge in [-0.25, -0.2) is 4.98 Å². The molecule has 3 aromatic rings. The summed E-state index contributed by atoms with van der Waals surface area (Å²) in [6, 6.07) is 16.8. The van der Waals surface area contributed by atoms with E-state index in [1.165, 1.54) is 11.1 Å². The summed E-state index contributed by atoms with van der Waals surface area (Å²) < 4.78 is 8.11. The zero-order valence-corrected chi connectivity index (χ0v) is 21.5.